The van der Waals surface area contributed by atoms with Gasteiger partial charge in [0.15, 0.2) is 0 Å². The molecule has 6 heteroatoms. The fourth-order valence-electron chi connectivity index (χ4n) is 7.86. The number of allylic oxidation sites excluding steroid dienone is 4. The van der Waals surface area contributed by atoms with Gasteiger partial charge in [-0.1, -0.05) is 124 Å². The van der Waals surface area contributed by atoms with Gasteiger partial charge in [0, 0.05) is 5.92 Å². The molecule has 1 atom stereocenters. The maximum atomic E-state index is 14.3. The first kappa shape index (κ1) is 39.4. The summed E-state index contributed by atoms with van der Waals surface area (Å²) in [4.78, 5) is 0. The van der Waals surface area contributed by atoms with Crippen LogP contribution < -0.4 is 10.4 Å². The van der Waals surface area contributed by atoms with Crippen molar-refractivity contribution in [3.63, 3.8) is 0 Å². The second-order valence-electron chi connectivity index (χ2n) is 17.9. The summed E-state index contributed by atoms with van der Waals surface area (Å²) in [5.41, 5.74) is 6.03. The lowest BCUT2D eigenvalue weighted by atomic mass is 9.74. The molecule has 2 aliphatic rings. The third kappa shape index (κ3) is 7.50. The Morgan fingerprint density at radius 2 is 1.20 bits per heavy atom. The van der Waals surface area contributed by atoms with E-state index in [4.69, 9.17) is 0 Å². The van der Waals surface area contributed by atoms with Crippen LogP contribution in [0.25, 0.3) is 28.3 Å². The molecule has 1 radical (unpaired) electrons. The molecular formula is C48H49F6. The molecule has 54 heavy (non-hydrogen) atoms. The Labute approximate surface area is 316 Å². The zero-order valence-corrected chi connectivity index (χ0v) is 32.8. The normalized spacial score (nSPS) is 16.1. The molecule has 0 fully saturated rings. The molecule has 4 aromatic rings. The second-order valence-corrected chi connectivity index (χ2v) is 17.9. The molecule has 0 bridgehead atoms. The van der Waals surface area contributed by atoms with Crippen LogP contribution in [0.4, 0.5) is 26.3 Å². The van der Waals surface area contributed by atoms with Crippen molar-refractivity contribution in [2.24, 2.45) is 11.3 Å². The first-order valence-electron chi connectivity index (χ1n) is 18.7. The zero-order chi connectivity index (χ0) is 39.8. The molecule has 0 saturated carbocycles. The quantitative estimate of drug-likeness (QED) is 0.158. The number of hydrogen-bond acceptors (Lipinski definition) is 0. The van der Waals surface area contributed by atoms with E-state index in [-0.39, 0.29) is 27.9 Å². The molecule has 2 aliphatic carbocycles. The van der Waals surface area contributed by atoms with Crippen molar-refractivity contribution in [1.82, 2.24) is 0 Å². The average molecular weight is 740 g/mol. The lowest BCUT2D eigenvalue weighted by Crippen LogP contribution is -2.33. The van der Waals surface area contributed by atoms with Gasteiger partial charge in [0.1, 0.15) is 0 Å². The van der Waals surface area contributed by atoms with Gasteiger partial charge in [0.2, 0.25) is 0 Å². The molecule has 0 heterocycles. The predicted molar refractivity (Wildman–Crippen MR) is 209 cm³/mol. The molecule has 4 aromatic carbocycles. The molecule has 0 amide bonds. The van der Waals surface area contributed by atoms with Crippen LogP contribution in [0.3, 0.4) is 0 Å². The van der Waals surface area contributed by atoms with Crippen molar-refractivity contribution >= 4 is 17.2 Å². The summed E-state index contributed by atoms with van der Waals surface area (Å²) >= 11 is 0. The van der Waals surface area contributed by atoms with Gasteiger partial charge in [-0.05, 0) is 137 Å². The van der Waals surface area contributed by atoms with Crippen molar-refractivity contribution in [3.8, 4) is 11.1 Å². The van der Waals surface area contributed by atoms with Crippen LogP contribution >= 0.6 is 0 Å². The Morgan fingerprint density at radius 1 is 0.630 bits per heavy atom. The van der Waals surface area contributed by atoms with Gasteiger partial charge in [-0.2, -0.15) is 26.3 Å². The summed E-state index contributed by atoms with van der Waals surface area (Å²) in [6.07, 6.45) is 0.907. The highest BCUT2D eigenvalue weighted by Crippen LogP contribution is 2.45. The summed E-state index contributed by atoms with van der Waals surface area (Å²) in [7, 11) is 0. The summed E-state index contributed by atoms with van der Waals surface area (Å²) in [6.45, 7) is 21.4. The topological polar surface area (TPSA) is 0 Å². The predicted octanol–water partition coefficient (Wildman–Crippen LogP) is 13.0. The number of halogens is 6. The number of fused-ring (bicyclic) bond motifs is 3. The Hall–Kier alpha value is -4.32. The number of rotatable bonds is 5. The van der Waals surface area contributed by atoms with E-state index in [1.54, 1.807) is 12.1 Å². The van der Waals surface area contributed by atoms with Crippen LogP contribution in [-0.4, -0.2) is 0 Å². The molecule has 0 saturated heterocycles. The van der Waals surface area contributed by atoms with Crippen LogP contribution in [0.15, 0.2) is 90.5 Å². The average Bonchev–Trinajstić information content (AvgIpc) is 3.64. The monoisotopic (exact) mass is 739 g/mol. The van der Waals surface area contributed by atoms with Crippen molar-refractivity contribution in [2.45, 2.75) is 105 Å². The number of hydrogen-bond donors (Lipinski definition) is 0. The Morgan fingerprint density at radius 3 is 1.69 bits per heavy atom. The van der Waals surface area contributed by atoms with E-state index in [2.05, 4.69) is 106 Å². The minimum Gasteiger partial charge on any atom is -0.166 e. The maximum absolute atomic E-state index is 14.3. The maximum Gasteiger partial charge on any atom is 0.416 e. The summed E-state index contributed by atoms with van der Waals surface area (Å²) in [6, 6.07) is 18.3. The molecule has 1 unspecified atom stereocenters. The van der Waals surface area contributed by atoms with E-state index in [1.165, 1.54) is 17.7 Å². The molecular weight excluding hydrogens is 691 g/mol. The van der Waals surface area contributed by atoms with E-state index >= 15 is 0 Å². The number of benzene rings is 4. The Kier molecular flexibility index (Phi) is 9.81. The Bertz CT molecular complexity index is 2250. The fraction of sp³-hybridized carbons (Fsp3) is 0.375. The van der Waals surface area contributed by atoms with Gasteiger partial charge in [-0.3, -0.25) is 0 Å². The van der Waals surface area contributed by atoms with Gasteiger partial charge >= 0.3 is 12.4 Å². The summed E-state index contributed by atoms with van der Waals surface area (Å²) in [5.74, 6) is 0.0610. The standard InChI is InChI=1S/C48H49F6/c1-11-14-28-21-35(45(5,6)7)26-37(28)42-39-25-31-24-32(44(2,3)4)19-20-36(31)38(39)27-40(43(42)46(8,9)10)41(29-15-12-17-33(22-29)47(49,50)51)30-16-13-18-34(23-30)48(52,53)54/h12-13,15-24,26-28H,11,14H2,1-10H3. The first-order chi connectivity index (χ1) is 24.9. The van der Waals surface area contributed by atoms with E-state index in [0.717, 1.165) is 81.3 Å². The summed E-state index contributed by atoms with van der Waals surface area (Å²) in [5, 5.41) is 1.51. The molecule has 0 aromatic heterocycles. The van der Waals surface area contributed by atoms with Crippen LogP contribution in [0.2, 0.25) is 0 Å². The van der Waals surface area contributed by atoms with Crippen LogP contribution in [0, 0.1) is 11.3 Å². The van der Waals surface area contributed by atoms with Crippen molar-refractivity contribution < 1.29 is 26.3 Å². The Balaban J connectivity index is 1.89. The fourth-order valence-corrected chi connectivity index (χ4v) is 7.86. The second kappa shape index (κ2) is 13.5. The van der Waals surface area contributed by atoms with Gasteiger partial charge in [-0.15, -0.1) is 0 Å². The molecule has 0 nitrogen and oxygen atoms in total. The highest BCUT2D eigenvalue weighted by Gasteiger charge is 2.36. The smallest absolute Gasteiger partial charge is 0.166 e. The minimum absolute atomic E-state index is 0.0610. The molecule has 283 valence electrons. The lowest BCUT2D eigenvalue weighted by molar-refractivity contribution is -0.138. The zero-order valence-electron chi connectivity index (χ0n) is 32.8. The molecule has 0 N–H and O–H groups in total. The van der Waals surface area contributed by atoms with Crippen molar-refractivity contribution in [2.75, 3.05) is 0 Å². The van der Waals surface area contributed by atoms with Gasteiger partial charge in [0.25, 0.3) is 0 Å². The first-order valence-corrected chi connectivity index (χ1v) is 18.7. The third-order valence-electron chi connectivity index (χ3n) is 10.6. The molecule has 6 rings (SSSR count). The minimum atomic E-state index is -4.66. The number of alkyl halides is 6. The van der Waals surface area contributed by atoms with Gasteiger partial charge < -0.3 is 0 Å². The molecule has 0 aliphatic heterocycles. The highest BCUT2D eigenvalue weighted by molar-refractivity contribution is 5.92. The van der Waals surface area contributed by atoms with E-state index in [1.807, 2.05) is 6.07 Å². The SMILES string of the molecule is CCCC1C=C(C(C)(C)C)C=C1c1c(C(C)(C)C)c(=C(c2cccc(C(F)(F)F)c2)c2cccc(C(F)(F)F)c2)cc2c1=[C]c1cc(C(C)(C)C)ccc1-2. The van der Waals surface area contributed by atoms with Gasteiger partial charge in [-0.25, -0.2) is 0 Å². The largest absolute Gasteiger partial charge is 0.416 e. The highest BCUT2D eigenvalue weighted by atomic mass is 19.4. The van der Waals surface area contributed by atoms with Crippen LogP contribution in [0.1, 0.15) is 127 Å². The van der Waals surface area contributed by atoms with E-state index in [0.29, 0.717) is 10.8 Å². The van der Waals surface area contributed by atoms with Crippen LogP contribution in [-0.2, 0) is 23.2 Å². The van der Waals surface area contributed by atoms with Crippen molar-refractivity contribution in [3.05, 3.63) is 145 Å². The third-order valence-corrected chi connectivity index (χ3v) is 10.6. The summed E-state index contributed by atoms with van der Waals surface area (Å²) < 4.78 is 85.9. The van der Waals surface area contributed by atoms with Gasteiger partial charge in [0.05, 0.1) is 11.1 Å². The molecule has 0 spiro atoms. The lowest BCUT2D eigenvalue weighted by Gasteiger charge is -2.29. The van der Waals surface area contributed by atoms with E-state index in [9.17, 15) is 26.3 Å². The van der Waals surface area contributed by atoms with E-state index < -0.39 is 28.9 Å². The van der Waals surface area contributed by atoms with Crippen molar-refractivity contribution in [1.29, 1.82) is 0 Å². The van der Waals surface area contributed by atoms with Crippen LogP contribution in [0.5, 0.6) is 0 Å².